The molecule has 0 amide bonds. The van der Waals surface area contributed by atoms with E-state index in [0.717, 1.165) is 50.5 Å². The molecular formula is C20H25BN2OS. The number of ketones is 1. The van der Waals surface area contributed by atoms with Crippen LogP contribution in [-0.4, -0.2) is 24.0 Å². The molecule has 0 saturated heterocycles. The number of benzene rings is 1. The first kappa shape index (κ1) is 17.9. The summed E-state index contributed by atoms with van der Waals surface area (Å²) >= 11 is 1.70. The summed E-state index contributed by atoms with van der Waals surface area (Å²) in [5.41, 5.74) is 6.51. The van der Waals surface area contributed by atoms with Crippen molar-refractivity contribution in [3.63, 3.8) is 0 Å². The molecule has 130 valence electrons. The number of carbonyl (C=O) groups is 1. The Hall–Kier alpha value is -1.88. The molecule has 1 aromatic heterocycles. The zero-order chi connectivity index (χ0) is 17.6. The quantitative estimate of drug-likeness (QED) is 0.582. The molecule has 0 spiro atoms. The van der Waals surface area contributed by atoms with Gasteiger partial charge in [0.2, 0.25) is 0 Å². The van der Waals surface area contributed by atoms with Crippen LogP contribution in [0.2, 0.25) is 0 Å². The number of Topliss-reactive ketones (excluding diaryl/α,β-unsaturated/α-hetero) is 1. The average molecular weight is 352 g/mol. The standard InChI is InChI=1S/C20H25BN2OS/c1-3-5-19(24)17-7-4-6-15-10-20(21-11-18(15)17)23-14(2)8-9-16-12-22-13-25-16/h4,6-7,12-13,20-21,23H,2-3,5,8-11H2,1H3. The van der Waals surface area contributed by atoms with Crippen LogP contribution in [0.1, 0.15) is 52.5 Å². The molecule has 0 aliphatic carbocycles. The maximum absolute atomic E-state index is 12.3. The molecule has 1 N–H and O–H groups in total. The van der Waals surface area contributed by atoms with Crippen molar-refractivity contribution in [1.29, 1.82) is 0 Å². The lowest BCUT2D eigenvalue weighted by Crippen LogP contribution is -2.40. The molecule has 2 aromatic rings. The summed E-state index contributed by atoms with van der Waals surface area (Å²) in [5.74, 6) is 0.706. The number of carbonyl (C=O) groups excluding carboxylic acids is 1. The monoisotopic (exact) mass is 352 g/mol. The van der Waals surface area contributed by atoms with Crippen LogP contribution in [0.25, 0.3) is 0 Å². The molecule has 1 aliphatic heterocycles. The number of allylic oxidation sites excluding steroid dienone is 1. The first-order chi connectivity index (χ1) is 12.2. The van der Waals surface area contributed by atoms with Crippen molar-refractivity contribution in [2.45, 2.75) is 51.3 Å². The van der Waals surface area contributed by atoms with Gasteiger partial charge >= 0.3 is 0 Å². The Balaban J connectivity index is 1.58. The highest BCUT2D eigenvalue weighted by molar-refractivity contribution is 7.09. The second-order valence-electron chi connectivity index (χ2n) is 6.77. The summed E-state index contributed by atoms with van der Waals surface area (Å²) in [5, 5.41) is 3.60. The number of nitrogens with one attached hydrogen (secondary N) is 1. The van der Waals surface area contributed by atoms with Gasteiger partial charge in [-0.25, -0.2) is 0 Å². The second kappa shape index (κ2) is 8.48. The van der Waals surface area contributed by atoms with Crippen LogP contribution in [0, 0.1) is 0 Å². The highest BCUT2D eigenvalue weighted by atomic mass is 32.1. The first-order valence-electron chi connectivity index (χ1n) is 9.13. The summed E-state index contributed by atoms with van der Waals surface area (Å²) in [6, 6.07) is 6.20. The van der Waals surface area contributed by atoms with E-state index in [4.69, 9.17) is 0 Å². The van der Waals surface area contributed by atoms with E-state index in [0.29, 0.717) is 18.1 Å². The van der Waals surface area contributed by atoms with Gasteiger partial charge in [0.1, 0.15) is 0 Å². The molecule has 25 heavy (non-hydrogen) atoms. The smallest absolute Gasteiger partial charge is 0.163 e. The predicted octanol–water partition coefficient (Wildman–Crippen LogP) is 3.68. The van der Waals surface area contributed by atoms with Gasteiger partial charge in [-0.2, -0.15) is 0 Å². The number of fused-ring (bicyclic) bond motifs is 1. The van der Waals surface area contributed by atoms with Gasteiger partial charge in [-0.05, 0) is 43.1 Å². The van der Waals surface area contributed by atoms with E-state index in [2.05, 4.69) is 29.9 Å². The largest absolute Gasteiger partial charge is 0.393 e. The SMILES string of the molecule is C=C(CCc1cncs1)NC1BCc2c(cccc2C(=O)CCC)C1. The molecule has 3 nitrogen and oxygen atoms in total. The van der Waals surface area contributed by atoms with E-state index in [1.807, 2.05) is 23.8 Å². The summed E-state index contributed by atoms with van der Waals surface area (Å²) in [6.45, 7) is 6.25. The van der Waals surface area contributed by atoms with Crippen LogP contribution >= 0.6 is 11.3 Å². The lowest BCUT2D eigenvalue weighted by Gasteiger charge is -2.27. The van der Waals surface area contributed by atoms with E-state index in [1.165, 1.54) is 16.0 Å². The van der Waals surface area contributed by atoms with Gasteiger partial charge in [-0.3, -0.25) is 9.78 Å². The van der Waals surface area contributed by atoms with Gasteiger partial charge in [-0.1, -0.05) is 31.7 Å². The van der Waals surface area contributed by atoms with Crippen LogP contribution in [0.15, 0.2) is 42.2 Å². The van der Waals surface area contributed by atoms with E-state index >= 15 is 0 Å². The zero-order valence-corrected chi connectivity index (χ0v) is 15.7. The van der Waals surface area contributed by atoms with Crippen molar-refractivity contribution in [2.24, 2.45) is 0 Å². The molecule has 5 heteroatoms. The van der Waals surface area contributed by atoms with Crippen LogP contribution in [0.3, 0.4) is 0 Å². The third kappa shape index (κ3) is 4.60. The number of hydrogen-bond donors (Lipinski definition) is 1. The Bertz CT molecular complexity index is 742. The second-order valence-corrected chi connectivity index (χ2v) is 7.74. The van der Waals surface area contributed by atoms with Gasteiger partial charge in [0.05, 0.1) is 5.51 Å². The van der Waals surface area contributed by atoms with Crippen LogP contribution in [0.5, 0.6) is 0 Å². The fraction of sp³-hybridized carbons (Fsp3) is 0.400. The summed E-state index contributed by atoms with van der Waals surface area (Å²) in [7, 11) is 1.06. The van der Waals surface area contributed by atoms with Crippen molar-refractivity contribution >= 4 is 24.4 Å². The summed E-state index contributed by atoms with van der Waals surface area (Å²) in [4.78, 5) is 17.8. The minimum atomic E-state index is 0.291. The average Bonchev–Trinajstić information content (AvgIpc) is 3.13. The van der Waals surface area contributed by atoms with Gasteiger partial charge in [0.25, 0.3) is 0 Å². The lowest BCUT2D eigenvalue weighted by molar-refractivity contribution is 0.0981. The van der Waals surface area contributed by atoms with Crippen LogP contribution in [0.4, 0.5) is 0 Å². The van der Waals surface area contributed by atoms with Crippen molar-refractivity contribution in [2.75, 3.05) is 0 Å². The molecule has 0 fully saturated rings. The fourth-order valence-corrected chi connectivity index (χ4v) is 4.15. The predicted molar refractivity (Wildman–Crippen MR) is 107 cm³/mol. The third-order valence-electron chi connectivity index (χ3n) is 4.82. The number of thiazole rings is 1. The Morgan fingerprint density at radius 3 is 3.08 bits per heavy atom. The first-order valence-corrected chi connectivity index (χ1v) is 10.0. The molecule has 0 radical (unpaired) electrons. The van der Waals surface area contributed by atoms with Gasteiger partial charge in [-0.15, -0.1) is 11.3 Å². The molecule has 3 rings (SSSR count). The van der Waals surface area contributed by atoms with Gasteiger partial charge in [0.15, 0.2) is 13.1 Å². The number of rotatable bonds is 8. The number of nitrogens with zero attached hydrogens (tertiary/aromatic N) is 1. The number of hydrogen-bond acceptors (Lipinski definition) is 4. The molecule has 0 bridgehead atoms. The Labute approximate surface area is 154 Å². The molecule has 1 aliphatic rings. The highest BCUT2D eigenvalue weighted by Crippen LogP contribution is 2.23. The number of aromatic nitrogens is 1. The van der Waals surface area contributed by atoms with Crippen molar-refractivity contribution in [3.8, 4) is 0 Å². The topological polar surface area (TPSA) is 42.0 Å². The zero-order valence-electron chi connectivity index (χ0n) is 14.9. The Kier molecular flexibility index (Phi) is 6.08. The van der Waals surface area contributed by atoms with Gasteiger partial charge < -0.3 is 5.32 Å². The maximum Gasteiger partial charge on any atom is 0.163 e. The summed E-state index contributed by atoms with van der Waals surface area (Å²) in [6.07, 6.45) is 7.38. The highest BCUT2D eigenvalue weighted by Gasteiger charge is 2.23. The molecule has 2 heterocycles. The van der Waals surface area contributed by atoms with E-state index in [-0.39, 0.29) is 0 Å². The van der Waals surface area contributed by atoms with E-state index in [1.54, 1.807) is 11.3 Å². The van der Waals surface area contributed by atoms with Gasteiger partial charge in [0, 0.05) is 34.7 Å². The Morgan fingerprint density at radius 1 is 1.44 bits per heavy atom. The van der Waals surface area contributed by atoms with Crippen molar-refractivity contribution in [1.82, 2.24) is 10.3 Å². The van der Waals surface area contributed by atoms with Crippen molar-refractivity contribution in [3.05, 3.63) is 63.7 Å². The fourth-order valence-electron chi connectivity index (χ4n) is 3.55. The Morgan fingerprint density at radius 2 is 2.32 bits per heavy atom. The molecule has 1 aromatic carbocycles. The van der Waals surface area contributed by atoms with Crippen LogP contribution < -0.4 is 5.32 Å². The minimum Gasteiger partial charge on any atom is -0.393 e. The minimum absolute atomic E-state index is 0.291. The molecular weight excluding hydrogens is 327 g/mol. The number of aryl methyl sites for hydroxylation is 1. The molecule has 1 unspecified atom stereocenters. The normalized spacial score (nSPS) is 16.0. The van der Waals surface area contributed by atoms with Crippen molar-refractivity contribution < 1.29 is 4.79 Å². The third-order valence-corrected chi connectivity index (χ3v) is 5.66. The maximum atomic E-state index is 12.3. The van der Waals surface area contributed by atoms with Crippen LogP contribution in [-0.2, 0) is 19.2 Å². The molecule has 0 saturated carbocycles. The summed E-state index contributed by atoms with van der Waals surface area (Å²) < 4.78 is 0. The van der Waals surface area contributed by atoms with E-state index < -0.39 is 0 Å². The van der Waals surface area contributed by atoms with E-state index in [9.17, 15) is 4.79 Å². The lowest BCUT2D eigenvalue weighted by atomic mass is 9.57. The molecule has 1 atom stereocenters.